The molecule has 0 fully saturated rings. The Bertz CT molecular complexity index is 1070. The molecule has 2 aromatic carbocycles. The summed E-state index contributed by atoms with van der Waals surface area (Å²) >= 11 is 1.53. The zero-order valence-corrected chi connectivity index (χ0v) is 16.3. The topological polar surface area (TPSA) is 99.6 Å². The van der Waals surface area contributed by atoms with E-state index in [1.54, 1.807) is 29.8 Å². The minimum Gasteiger partial charge on any atom is -0.465 e. The standard InChI is InChI=1S/C21H17N3O4S/c1-12-18(29-11-23-12)14-8-6-13(7-9-14)17(10-22-21(27)28)24-19(25)15-4-2-3-5-16(15)20(24)26/h2-9,11,17,22H,10H2,1H3,(H,27,28)/t17-/m0/s1. The van der Waals surface area contributed by atoms with Crippen molar-refractivity contribution in [2.45, 2.75) is 13.0 Å². The molecule has 2 heterocycles. The molecule has 1 atom stereocenters. The van der Waals surface area contributed by atoms with E-state index in [-0.39, 0.29) is 6.54 Å². The van der Waals surface area contributed by atoms with Crippen LogP contribution in [0.3, 0.4) is 0 Å². The molecule has 4 rings (SSSR count). The number of carboxylic acid groups (broad SMARTS) is 1. The summed E-state index contributed by atoms with van der Waals surface area (Å²) in [5.41, 5.74) is 4.99. The number of hydrogen-bond donors (Lipinski definition) is 2. The minimum atomic E-state index is -1.22. The molecular weight excluding hydrogens is 390 g/mol. The quantitative estimate of drug-likeness (QED) is 0.628. The highest BCUT2D eigenvalue weighted by Gasteiger charge is 2.40. The number of nitrogens with one attached hydrogen (secondary N) is 1. The van der Waals surface area contributed by atoms with Gasteiger partial charge in [-0.1, -0.05) is 36.4 Å². The Morgan fingerprint density at radius 1 is 1.10 bits per heavy atom. The van der Waals surface area contributed by atoms with Gasteiger partial charge in [0.15, 0.2) is 0 Å². The van der Waals surface area contributed by atoms with Crippen molar-refractivity contribution >= 4 is 29.2 Å². The Labute approximate surface area is 170 Å². The van der Waals surface area contributed by atoms with Crippen LogP contribution in [0.1, 0.15) is 38.0 Å². The van der Waals surface area contributed by atoms with Crippen molar-refractivity contribution in [1.29, 1.82) is 0 Å². The van der Waals surface area contributed by atoms with Gasteiger partial charge in [0.1, 0.15) is 0 Å². The summed E-state index contributed by atoms with van der Waals surface area (Å²) < 4.78 is 0. The number of amides is 3. The lowest BCUT2D eigenvalue weighted by Crippen LogP contribution is -2.40. The van der Waals surface area contributed by atoms with Crippen molar-refractivity contribution in [1.82, 2.24) is 15.2 Å². The molecule has 1 aliphatic rings. The molecule has 7 nitrogen and oxygen atoms in total. The molecule has 0 aliphatic carbocycles. The van der Waals surface area contributed by atoms with Gasteiger partial charge in [0.05, 0.1) is 33.3 Å². The van der Waals surface area contributed by atoms with Crippen LogP contribution in [0.25, 0.3) is 10.4 Å². The molecule has 0 saturated carbocycles. The predicted molar refractivity (Wildman–Crippen MR) is 108 cm³/mol. The fourth-order valence-corrected chi connectivity index (χ4v) is 4.28. The van der Waals surface area contributed by atoms with Crippen LogP contribution in [0.4, 0.5) is 4.79 Å². The van der Waals surface area contributed by atoms with E-state index >= 15 is 0 Å². The summed E-state index contributed by atoms with van der Waals surface area (Å²) in [6, 6.07) is 13.3. The SMILES string of the molecule is Cc1ncsc1-c1ccc([C@H](CNC(=O)O)N2C(=O)c3ccccc3C2=O)cc1. The van der Waals surface area contributed by atoms with Crippen LogP contribution in [0.5, 0.6) is 0 Å². The molecule has 1 aromatic heterocycles. The van der Waals surface area contributed by atoms with Crippen molar-refractivity contribution in [3.8, 4) is 10.4 Å². The number of aromatic nitrogens is 1. The lowest BCUT2D eigenvalue weighted by molar-refractivity contribution is 0.0579. The number of fused-ring (bicyclic) bond motifs is 1. The maximum Gasteiger partial charge on any atom is 0.404 e. The van der Waals surface area contributed by atoms with Gasteiger partial charge in [0.25, 0.3) is 11.8 Å². The van der Waals surface area contributed by atoms with Crippen molar-refractivity contribution in [3.63, 3.8) is 0 Å². The maximum absolute atomic E-state index is 12.9. The maximum atomic E-state index is 12.9. The number of rotatable bonds is 5. The minimum absolute atomic E-state index is 0.0975. The third-order valence-electron chi connectivity index (χ3n) is 4.89. The van der Waals surface area contributed by atoms with E-state index in [1.165, 1.54) is 11.3 Å². The predicted octanol–water partition coefficient (Wildman–Crippen LogP) is 3.72. The summed E-state index contributed by atoms with van der Waals surface area (Å²) in [7, 11) is 0. The number of nitrogens with zero attached hydrogens (tertiary/aromatic N) is 2. The highest BCUT2D eigenvalue weighted by atomic mass is 32.1. The van der Waals surface area contributed by atoms with Gasteiger partial charge < -0.3 is 10.4 Å². The van der Waals surface area contributed by atoms with Gasteiger partial charge >= 0.3 is 6.09 Å². The summed E-state index contributed by atoms with van der Waals surface area (Å²) in [5.74, 6) is -0.852. The van der Waals surface area contributed by atoms with E-state index in [0.717, 1.165) is 21.0 Å². The van der Waals surface area contributed by atoms with E-state index in [1.807, 2.05) is 31.2 Å². The number of hydrogen-bond acceptors (Lipinski definition) is 5. The molecule has 0 bridgehead atoms. The van der Waals surface area contributed by atoms with Crippen LogP contribution in [-0.2, 0) is 0 Å². The van der Waals surface area contributed by atoms with E-state index in [4.69, 9.17) is 5.11 Å². The van der Waals surface area contributed by atoms with E-state index in [9.17, 15) is 14.4 Å². The van der Waals surface area contributed by atoms with E-state index in [0.29, 0.717) is 16.7 Å². The first-order valence-corrected chi connectivity index (χ1v) is 9.79. The van der Waals surface area contributed by atoms with Crippen LogP contribution in [0, 0.1) is 6.92 Å². The van der Waals surface area contributed by atoms with Crippen LogP contribution in [0.15, 0.2) is 54.0 Å². The first-order valence-electron chi connectivity index (χ1n) is 8.91. The molecule has 8 heteroatoms. The lowest BCUT2D eigenvalue weighted by Gasteiger charge is -2.26. The second-order valence-corrected chi connectivity index (χ2v) is 7.47. The average Bonchev–Trinajstić information content (AvgIpc) is 3.25. The monoisotopic (exact) mass is 407 g/mol. The van der Waals surface area contributed by atoms with Gasteiger partial charge in [-0.05, 0) is 30.2 Å². The molecular formula is C21H17N3O4S. The van der Waals surface area contributed by atoms with Crippen molar-refractivity contribution < 1.29 is 19.5 Å². The van der Waals surface area contributed by atoms with Crippen molar-refractivity contribution in [2.75, 3.05) is 6.54 Å². The zero-order valence-electron chi connectivity index (χ0n) is 15.5. The first-order chi connectivity index (χ1) is 14.0. The molecule has 3 aromatic rings. The van der Waals surface area contributed by atoms with Crippen molar-refractivity contribution in [3.05, 3.63) is 76.4 Å². The fraction of sp³-hybridized carbons (Fsp3) is 0.143. The molecule has 0 unspecified atom stereocenters. The van der Waals surface area contributed by atoms with Gasteiger partial charge in [0, 0.05) is 6.54 Å². The third-order valence-corrected chi connectivity index (χ3v) is 5.86. The Balaban J connectivity index is 1.70. The summed E-state index contributed by atoms with van der Waals surface area (Å²) in [5, 5.41) is 11.4. The number of thiazole rings is 1. The smallest absolute Gasteiger partial charge is 0.404 e. The Kier molecular flexibility index (Phi) is 4.85. The second kappa shape index (κ2) is 7.48. The Morgan fingerprint density at radius 2 is 1.72 bits per heavy atom. The number of carbonyl (C=O) groups excluding carboxylic acids is 2. The van der Waals surface area contributed by atoms with Crippen LogP contribution in [-0.4, -0.2) is 39.4 Å². The molecule has 2 N–H and O–H groups in total. The van der Waals surface area contributed by atoms with E-state index in [2.05, 4.69) is 10.3 Å². The van der Waals surface area contributed by atoms with Crippen LogP contribution >= 0.6 is 11.3 Å². The summed E-state index contributed by atoms with van der Waals surface area (Å²) in [6.45, 7) is 1.83. The highest BCUT2D eigenvalue weighted by molar-refractivity contribution is 7.13. The van der Waals surface area contributed by atoms with Gasteiger partial charge in [0.2, 0.25) is 0 Å². The van der Waals surface area contributed by atoms with E-state index < -0.39 is 23.9 Å². The molecule has 3 amide bonds. The molecule has 0 saturated heterocycles. The summed E-state index contributed by atoms with van der Waals surface area (Å²) in [4.78, 5) is 43.3. The van der Waals surface area contributed by atoms with Crippen molar-refractivity contribution in [2.24, 2.45) is 0 Å². The van der Waals surface area contributed by atoms with Crippen LogP contribution < -0.4 is 5.32 Å². The van der Waals surface area contributed by atoms with Gasteiger partial charge in [-0.15, -0.1) is 11.3 Å². The molecule has 1 aliphatic heterocycles. The normalized spacial score (nSPS) is 14.0. The Hall–Kier alpha value is -3.52. The lowest BCUT2D eigenvalue weighted by atomic mass is 10.0. The number of imide groups is 1. The fourth-order valence-electron chi connectivity index (χ4n) is 3.47. The largest absolute Gasteiger partial charge is 0.465 e. The number of benzene rings is 2. The molecule has 29 heavy (non-hydrogen) atoms. The number of aryl methyl sites for hydroxylation is 1. The number of carbonyl (C=O) groups is 3. The molecule has 0 spiro atoms. The van der Waals surface area contributed by atoms with Gasteiger partial charge in [-0.3, -0.25) is 14.5 Å². The highest BCUT2D eigenvalue weighted by Crippen LogP contribution is 2.33. The average molecular weight is 407 g/mol. The van der Waals surface area contributed by atoms with Crippen LogP contribution in [0.2, 0.25) is 0 Å². The Morgan fingerprint density at radius 3 is 2.24 bits per heavy atom. The summed E-state index contributed by atoms with van der Waals surface area (Å²) in [6.07, 6.45) is -1.22. The second-order valence-electron chi connectivity index (χ2n) is 6.62. The third kappa shape index (κ3) is 3.38. The first kappa shape index (κ1) is 18.8. The molecule has 146 valence electrons. The zero-order chi connectivity index (χ0) is 20.5. The molecule has 0 radical (unpaired) electrons. The van der Waals surface area contributed by atoms with Gasteiger partial charge in [-0.2, -0.15) is 0 Å². The van der Waals surface area contributed by atoms with Gasteiger partial charge in [-0.25, -0.2) is 9.78 Å².